The number of aromatic nitrogens is 6. The highest BCUT2D eigenvalue weighted by Crippen LogP contribution is 2.40. The van der Waals surface area contributed by atoms with Crippen LogP contribution in [0.25, 0.3) is 0 Å². The molecule has 0 spiro atoms. The first-order valence-corrected chi connectivity index (χ1v) is 50.9. The van der Waals surface area contributed by atoms with Gasteiger partial charge < -0.3 is 52.3 Å². The molecule has 10 N–H and O–H groups in total. The van der Waals surface area contributed by atoms with Gasteiger partial charge in [-0.15, -0.1) is 58.8 Å². The van der Waals surface area contributed by atoms with E-state index in [1.54, 1.807) is 130 Å². The van der Waals surface area contributed by atoms with E-state index in [2.05, 4.69) is 91.8 Å². The van der Waals surface area contributed by atoms with Crippen molar-refractivity contribution in [1.29, 1.82) is 0 Å². The lowest BCUT2D eigenvalue weighted by atomic mass is 10.1. The number of aryl methyl sites for hydroxylation is 9. The van der Waals surface area contributed by atoms with E-state index in [1.165, 1.54) is 89.6 Å². The highest BCUT2D eigenvalue weighted by molar-refractivity contribution is 8.16. The predicted octanol–water partition coefficient (Wildman–Crippen LogP) is 22.9. The average molecular weight is 2070 g/mol. The number of carbonyl (C=O) groups is 6. The third-order valence-corrected chi connectivity index (χ3v) is 28.9. The first-order valence-electron chi connectivity index (χ1n) is 44.3. The van der Waals surface area contributed by atoms with Crippen molar-refractivity contribution in [2.75, 3.05) is 60.7 Å². The largest absolute Gasteiger partial charge is 0.508 e. The van der Waals surface area contributed by atoms with Gasteiger partial charge in [0.05, 0.1) is 136 Å². The summed E-state index contributed by atoms with van der Waals surface area (Å²) in [6.07, 6.45) is 14.6. The topological polar surface area (TPSA) is 407 Å². The van der Waals surface area contributed by atoms with Crippen LogP contribution in [-0.2, 0) is 67.3 Å². The molecule has 6 amide bonds. The standard InChI is InChI=1S/C18H19N3O2S.C17H15ClFN3OS.C17H16ClN3O2S.C17H15F2N3OS.2C17H17N3O2S/c1-10-4-5-14(8-16(10)22)20-18(23)12(3)24-17-7-13-6-11(2)19-9-15(13)21-17;1-9-3-4-11(5-13(9)19)21-15(23)8-24-16-6-12-10(2)17(18)20-7-14(12)22-16;1-9-3-4-11(5-14(9)22)20-15(23)8-24-16-6-12-10(2)17(18)19-7-13(12)21-16;1-9-3-11-4-17(22-15(11)7-20-9)24-8-16(23)21-12-5-13(18)10(2)14(19)6-12;2*1-10-3-4-13(7-15(10)21)19-16(22)9-23-17-6-12-5-11(2)18-8-14(12)20-17/h4-6,8-9,12,22H,7H2,1-3H3,(H,20,23);3-5,7H,6,8H2,1-2H3,(H,21,23);3-5,7,22H,6,8H2,1-2H3,(H,20,23);3,5-7H,4,8H2,1-2H3,(H,21,23);2*3-5,7-8,21H,6,9H2,1-2H3,(H,19,22). The molecule has 18 rings (SSSR count). The summed E-state index contributed by atoms with van der Waals surface area (Å²) in [5, 5.41) is 61.1. The molecule has 12 aromatic rings. The lowest BCUT2D eigenvalue weighted by Crippen LogP contribution is -2.23. The summed E-state index contributed by atoms with van der Waals surface area (Å²) < 4.78 is 40.5. The number of thioether (sulfide) groups is 6. The van der Waals surface area contributed by atoms with Crippen molar-refractivity contribution in [3.05, 3.63) is 293 Å². The van der Waals surface area contributed by atoms with Crippen LogP contribution < -0.4 is 31.9 Å². The van der Waals surface area contributed by atoms with Crippen LogP contribution in [0.5, 0.6) is 23.0 Å². The second-order valence-corrected chi connectivity index (χ2v) is 40.8. The Balaban J connectivity index is 0.000000143. The number of hydrogen-bond donors (Lipinski definition) is 10. The Bertz CT molecular complexity index is 6860. The normalized spacial score (nSPS) is 12.9. The van der Waals surface area contributed by atoms with Crippen LogP contribution >= 0.6 is 93.8 Å². The van der Waals surface area contributed by atoms with E-state index < -0.39 is 11.6 Å². The Labute approximate surface area is 854 Å². The van der Waals surface area contributed by atoms with Gasteiger partial charge in [-0.05, 0) is 235 Å². The van der Waals surface area contributed by atoms with Gasteiger partial charge in [0.2, 0.25) is 35.4 Å². The summed E-state index contributed by atoms with van der Waals surface area (Å²) in [6.45, 7) is 23.7. The van der Waals surface area contributed by atoms with Gasteiger partial charge in [0.15, 0.2) is 0 Å². The number of nitrogens with zero attached hydrogens (tertiary/aromatic N) is 12. The predicted molar refractivity (Wildman–Crippen MR) is 573 cm³/mol. The number of rotatable bonds is 18. The van der Waals surface area contributed by atoms with Gasteiger partial charge in [0.25, 0.3) is 0 Å². The van der Waals surface area contributed by atoms with E-state index in [9.17, 15) is 62.4 Å². The number of fused-ring (bicyclic) bond motifs is 6. The SMILES string of the molecule is Cc1cc2c(cn1)N=C(SC(C)C(=O)Nc1ccc(C)c(O)c1)C2.Cc1cc2c(cn1)N=C(SCC(=O)Nc1cc(F)c(C)c(F)c1)C2.Cc1cc2c(cn1)N=C(SCC(=O)Nc1ccc(C)c(O)c1)C2.Cc1cc2c(cn1)N=C(SCC(=O)Nc1ccc(C)c(O)c1)C2.Cc1ccc(NC(=O)CSC2=Nc3cnc(Cl)c(C)c3C2)cc1F.Cc1ccc(NC(=O)CSC2=Nc3cnc(Cl)c(C)c3C2)cc1O. The molecule has 0 fully saturated rings. The molecular formula is C103H99Cl2F3N18O10S6. The highest BCUT2D eigenvalue weighted by atomic mass is 35.5. The Morgan fingerprint density at radius 3 is 0.873 bits per heavy atom. The van der Waals surface area contributed by atoms with E-state index in [0.29, 0.717) is 63.6 Å². The molecule has 39 heteroatoms. The molecule has 12 heterocycles. The molecule has 0 saturated carbocycles. The maximum Gasteiger partial charge on any atom is 0.237 e. The Morgan fingerprint density at radius 1 is 0.310 bits per heavy atom. The number of anilines is 6. The zero-order chi connectivity index (χ0) is 102. The van der Waals surface area contributed by atoms with Crippen molar-refractivity contribution in [1.82, 2.24) is 29.9 Å². The first-order chi connectivity index (χ1) is 67.7. The minimum absolute atomic E-state index is 0.0654. The zero-order valence-corrected chi connectivity index (χ0v) is 85.8. The van der Waals surface area contributed by atoms with Crippen LogP contribution in [0.4, 0.5) is 81.4 Å². The summed E-state index contributed by atoms with van der Waals surface area (Å²) in [5.41, 5.74) is 24.0. The number of halogens is 5. The summed E-state index contributed by atoms with van der Waals surface area (Å²) in [7, 11) is 0. The molecule has 6 aliphatic heterocycles. The molecule has 6 aromatic heterocycles. The molecule has 732 valence electrons. The van der Waals surface area contributed by atoms with Crippen molar-refractivity contribution < 1.29 is 62.4 Å². The summed E-state index contributed by atoms with van der Waals surface area (Å²) in [6, 6.07) is 35.3. The number of phenols is 4. The maximum absolute atomic E-state index is 13.5. The number of aromatic hydroxyl groups is 4. The number of phenolic OH excluding ortho intramolecular Hbond substituents is 4. The van der Waals surface area contributed by atoms with Crippen LogP contribution in [0, 0.1) is 101 Å². The van der Waals surface area contributed by atoms with E-state index in [4.69, 9.17) is 23.2 Å². The second-order valence-electron chi connectivity index (χ2n) is 33.5. The Hall–Kier alpha value is -13.3. The molecule has 28 nitrogen and oxygen atoms in total. The number of carbonyl (C=O) groups excluding carboxylic acids is 6. The van der Waals surface area contributed by atoms with Gasteiger partial charge in [-0.2, -0.15) is 0 Å². The minimum Gasteiger partial charge on any atom is -0.508 e. The monoisotopic (exact) mass is 2070 g/mol. The van der Waals surface area contributed by atoms with Gasteiger partial charge in [-0.25, -0.2) is 53.1 Å². The van der Waals surface area contributed by atoms with E-state index in [1.807, 2.05) is 93.5 Å². The van der Waals surface area contributed by atoms with Gasteiger partial charge in [0, 0.05) is 125 Å². The fraction of sp³-hybridized carbons (Fsp3) is 0.243. The fourth-order valence-corrected chi connectivity index (χ4v) is 19.3. The molecule has 0 bridgehead atoms. The molecule has 6 aromatic carbocycles. The smallest absolute Gasteiger partial charge is 0.237 e. The van der Waals surface area contributed by atoms with Crippen LogP contribution in [0.2, 0.25) is 10.3 Å². The van der Waals surface area contributed by atoms with E-state index in [-0.39, 0.29) is 110 Å². The number of pyridine rings is 6. The van der Waals surface area contributed by atoms with Crippen LogP contribution in [0.3, 0.4) is 0 Å². The minimum atomic E-state index is -0.684. The number of aliphatic imine (C=N–C) groups is 6. The lowest BCUT2D eigenvalue weighted by molar-refractivity contribution is -0.116. The number of hydrogen-bond acceptors (Lipinski definition) is 28. The average Bonchev–Trinajstić information content (AvgIpc) is 1.65. The van der Waals surface area contributed by atoms with Crippen LogP contribution in [-0.4, -0.2) is 150 Å². The zero-order valence-electron chi connectivity index (χ0n) is 79.4. The second kappa shape index (κ2) is 48.9. The molecule has 0 radical (unpaired) electrons. The number of amides is 6. The Morgan fingerprint density at radius 2 is 0.563 bits per heavy atom. The fourth-order valence-electron chi connectivity index (χ4n) is 14.1. The molecule has 1 atom stereocenters. The maximum atomic E-state index is 13.5. The highest BCUT2D eigenvalue weighted by Gasteiger charge is 2.28. The molecule has 0 aliphatic carbocycles. The summed E-state index contributed by atoms with van der Waals surface area (Å²) in [5.74, 6) is -0.898. The first kappa shape index (κ1) is 106. The van der Waals surface area contributed by atoms with Gasteiger partial charge >= 0.3 is 0 Å². The summed E-state index contributed by atoms with van der Waals surface area (Å²) >= 11 is 20.4. The van der Waals surface area contributed by atoms with Gasteiger partial charge in [-0.3, -0.25) is 48.7 Å². The van der Waals surface area contributed by atoms with E-state index >= 15 is 0 Å². The quantitative estimate of drug-likeness (QED) is 0.0357. The molecule has 0 saturated heterocycles. The van der Waals surface area contributed by atoms with Gasteiger partial charge in [0.1, 0.15) is 50.8 Å². The van der Waals surface area contributed by atoms with Crippen molar-refractivity contribution in [3.8, 4) is 23.0 Å². The van der Waals surface area contributed by atoms with Crippen LogP contribution in [0.15, 0.2) is 195 Å². The van der Waals surface area contributed by atoms with Crippen molar-refractivity contribution in [2.45, 2.75) is 134 Å². The lowest BCUT2D eigenvalue weighted by Gasteiger charge is -2.12. The van der Waals surface area contributed by atoms with Crippen LogP contribution in [0.1, 0.15) is 108 Å². The van der Waals surface area contributed by atoms with Gasteiger partial charge in [-0.1, -0.05) is 65.3 Å². The Kier molecular flexibility index (Phi) is 36.6. The summed E-state index contributed by atoms with van der Waals surface area (Å²) in [4.78, 5) is 124. The molecule has 142 heavy (non-hydrogen) atoms. The van der Waals surface area contributed by atoms with Crippen molar-refractivity contribution in [3.63, 3.8) is 0 Å². The third-order valence-electron chi connectivity index (χ3n) is 22.2. The van der Waals surface area contributed by atoms with Crippen molar-refractivity contribution >= 4 is 228 Å². The van der Waals surface area contributed by atoms with Crippen molar-refractivity contribution in [2.24, 2.45) is 30.0 Å². The van der Waals surface area contributed by atoms with E-state index in [0.717, 1.165) is 185 Å². The molecule has 1 unspecified atom stereocenters. The molecule has 6 aliphatic rings. The third kappa shape index (κ3) is 29.9. The number of benzene rings is 6. The molecular weight excluding hydrogens is 1970 g/mol. The number of nitrogens with one attached hydrogen (secondary N) is 6.